The molecule has 0 aliphatic carbocycles. The Morgan fingerprint density at radius 2 is 2.31 bits per heavy atom. The molecule has 1 rings (SSSR count). The van der Waals surface area contributed by atoms with Gasteiger partial charge in [0, 0.05) is 38.4 Å². The van der Waals surface area contributed by atoms with Gasteiger partial charge in [-0.3, -0.25) is 4.98 Å². The monoisotopic (exact) mass is 221 g/mol. The molecule has 1 heterocycles. The van der Waals surface area contributed by atoms with Crippen molar-refractivity contribution in [3.8, 4) is 0 Å². The normalized spacial score (nSPS) is 9.88. The van der Waals surface area contributed by atoms with E-state index in [2.05, 4.69) is 10.3 Å². The predicted molar refractivity (Wildman–Crippen MR) is 64.3 cm³/mol. The number of rotatable bonds is 5. The van der Waals surface area contributed by atoms with Crippen LogP contribution in [0.5, 0.6) is 0 Å². The Labute approximate surface area is 96.7 Å². The van der Waals surface area contributed by atoms with Crippen LogP contribution >= 0.6 is 0 Å². The molecule has 0 saturated heterocycles. The molecule has 4 heteroatoms. The number of hydrogen-bond donors (Lipinski definition) is 1. The molecular weight excluding hydrogens is 202 g/mol. The number of nitrogens with one attached hydrogen (secondary N) is 1. The van der Waals surface area contributed by atoms with Crippen molar-refractivity contribution in [3.63, 3.8) is 0 Å². The lowest BCUT2D eigenvalue weighted by atomic mass is 10.2. The average Bonchev–Trinajstić information content (AvgIpc) is 2.34. The average molecular weight is 221 g/mol. The van der Waals surface area contributed by atoms with Crippen molar-refractivity contribution < 1.29 is 4.79 Å². The fourth-order valence-electron chi connectivity index (χ4n) is 1.30. The number of urea groups is 1. The maximum absolute atomic E-state index is 11.5. The number of nitrogens with zero attached hydrogens (tertiary/aromatic N) is 2. The van der Waals surface area contributed by atoms with E-state index in [-0.39, 0.29) is 6.03 Å². The van der Waals surface area contributed by atoms with Crippen molar-refractivity contribution in [2.75, 3.05) is 20.1 Å². The lowest BCUT2D eigenvalue weighted by Gasteiger charge is -2.17. The number of hydrogen-bond acceptors (Lipinski definition) is 2. The van der Waals surface area contributed by atoms with Gasteiger partial charge >= 0.3 is 6.03 Å². The van der Waals surface area contributed by atoms with Gasteiger partial charge in [0.2, 0.25) is 0 Å². The number of aromatic nitrogens is 1. The molecule has 0 aliphatic heterocycles. The molecule has 0 aliphatic rings. The second-order valence-corrected chi connectivity index (χ2v) is 3.72. The Morgan fingerprint density at radius 1 is 1.50 bits per heavy atom. The van der Waals surface area contributed by atoms with Crippen molar-refractivity contribution in [3.05, 3.63) is 30.1 Å². The van der Waals surface area contributed by atoms with Crippen LogP contribution in [0.4, 0.5) is 4.79 Å². The second-order valence-electron chi connectivity index (χ2n) is 3.72. The quantitative estimate of drug-likeness (QED) is 0.822. The highest BCUT2D eigenvalue weighted by Gasteiger charge is 2.06. The SMILES string of the molecule is CCCNC(=O)N(C)CCc1ccccn1. The highest BCUT2D eigenvalue weighted by molar-refractivity contribution is 5.73. The van der Waals surface area contributed by atoms with E-state index in [0.29, 0.717) is 6.54 Å². The summed E-state index contributed by atoms with van der Waals surface area (Å²) in [5.74, 6) is 0. The van der Waals surface area contributed by atoms with Crippen LogP contribution in [-0.4, -0.2) is 36.1 Å². The Balaban J connectivity index is 2.29. The summed E-state index contributed by atoms with van der Waals surface area (Å²) in [4.78, 5) is 17.4. The summed E-state index contributed by atoms with van der Waals surface area (Å²) in [7, 11) is 1.80. The molecule has 4 nitrogen and oxygen atoms in total. The van der Waals surface area contributed by atoms with Crippen molar-refractivity contribution in [1.29, 1.82) is 0 Å². The van der Waals surface area contributed by atoms with Crippen LogP contribution in [0.25, 0.3) is 0 Å². The van der Waals surface area contributed by atoms with E-state index in [1.54, 1.807) is 18.1 Å². The molecule has 0 fully saturated rings. The topological polar surface area (TPSA) is 45.2 Å². The Bertz CT molecular complexity index is 313. The molecule has 1 aromatic rings. The smallest absolute Gasteiger partial charge is 0.317 e. The minimum Gasteiger partial charge on any atom is -0.338 e. The maximum Gasteiger partial charge on any atom is 0.317 e. The molecule has 16 heavy (non-hydrogen) atoms. The van der Waals surface area contributed by atoms with Gasteiger partial charge in [-0.1, -0.05) is 13.0 Å². The van der Waals surface area contributed by atoms with Gasteiger partial charge in [0.05, 0.1) is 0 Å². The van der Waals surface area contributed by atoms with Crippen LogP contribution in [0.3, 0.4) is 0 Å². The zero-order valence-electron chi connectivity index (χ0n) is 9.94. The summed E-state index contributed by atoms with van der Waals surface area (Å²) in [6.07, 6.45) is 3.52. The van der Waals surface area contributed by atoms with Crippen molar-refractivity contribution in [1.82, 2.24) is 15.2 Å². The molecule has 0 aromatic carbocycles. The van der Waals surface area contributed by atoms with Crippen LogP contribution in [-0.2, 0) is 6.42 Å². The van der Waals surface area contributed by atoms with Gasteiger partial charge < -0.3 is 10.2 Å². The fraction of sp³-hybridized carbons (Fsp3) is 0.500. The molecule has 1 aromatic heterocycles. The lowest BCUT2D eigenvalue weighted by Crippen LogP contribution is -2.38. The molecule has 2 amide bonds. The zero-order chi connectivity index (χ0) is 11.8. The van der Waals surface area contributed by atoms with E-state index in [1.165, 1.54) is 0 Å². The van der Waals surface area contributed by atoms with Crippen molar-refractivity contribution >= 4 is 6.03 Å². The Kier molecular flexibility index (Phi) is 5.32. The standard InChI is InChI=1S/C12H19N3O/c1-3-8-14-12(16)15(2)10-7-11-6-4-5-9-13-11/h4-6,9H,3,7-8,10H2,1-2H3,(H,14,16). The summed E-state index contributed by atoms with van der Waals surface area (Å²) >= 11 is 0. The second kappa shape index (κ2) is 6.82. The number of amides is 2. The molecule has 0 unspecified atom stereocenters. The molecular formula is C12H19N3O. The fourth-order valence-corrected chi connectivity index (χ4v) is 1.30. The Hall–Kier alpha value is -1.58. The first-order valence-electron chi connectivity index (χ1n) is 5.63. The van der Waals surface area contributed by atoms with Gasteiger partial charge in [0.25, 0.3) is 0 Å². The summed E-state index contributed by atoms with van der Waals surface area (Å²) in [6, 6.07) is 5.80. The van der Waals surface area contributed by atoms with Gasteiger partial charge in [-0.15, -0.1) is 0 Å². The van der Waals surface area contributed by atoms with Gasteiger partial charge in [-0.05, 0) is 18.6 Å². The van der Waals surface area contributed by atoms with E-state index in [9.17, 15) is 4.79 Å². The van der Waals surface area contributed by atoms with E-state index < -0.39 is 0 Å². The number of carbonyl (C=O) groups excluding carboxylic acids is 1. The van der Waals surface area contributed by atoms with Crippen LogP contribution < -0.4 is 5.32 Å². The minimum absolute atomic E-state index is 0.0159. The molecule has 1 N–H and O–H groups in total. The largest absolute Gasteiger partial charge is 0.338 e. The maximum atomic E-state index is 11.5. The first-order valence-corrected chi connectivity index (χ1v) is 5.63. The molecule has 0 bridgehead atoms. The highest BCUT2D eigenvalue weighted by atomic mass is 16.2. The molecule has 0 spiro atoms. The molecule has 0 saturated carbocycles. The summed E-state index contributed by atoms with van der Waals surface area (Å²) in [6.45, 7) is 3.45. The summed E-state index contributed by atoms with van der Waals surface area (Å²) in [5.41, 5.74) is 1.01. The predicted octanol–water partition coefficient (Wildman–Crippen LogP) is 1.68. The van der Waals surface area contributed by atoms with Gasteiger partial charge in [0.1, 0.15) is 0 Å². The van der Waals surface area contributed by atoms with Crippen molar-refractivity contribution in [2.45, 2.75) is 19.8 Å². The zero-order valence-corrected chi connectivity index (χ0v) is 9.94. The number of pyridine rings is 1. The third-order valence-corrected chi connectivity index (χ3v) is 2.30. The van der Waals surface area contributed by atoms with Crippen LogP contribution in [0, 0.1) is 0 Å². The highest BCUT2D eigenvalue weighted by Crippen LogP contribution is 1.96. The number of carbonyl (C=O) groups is 1. The van der Waals surface area contributed by atoms with Crippen LogP contribution in [0.1, 0.15) is 19.0 Å². The molecule has 0 radical (unpaired) electrons. The van der Waals surface area contributed by atoms with E-state index >= 15 is 0 Å². The Morgan fingerprint density at radius 3 is 2.94 bits per heavy atom. The minimum atomic E-state index is -0.0159. The van der Waals surface area contributed by atoms with Gasteiger partial charge in [-0.2, -0.15) is 0 Å². The molecule has 0 atom stereocenters. The molecule has 88 valence electrons. The summed E-state index contributed by atoms with van der Waals surface area (Å²) in [5, 5.41) is 2.83. The van der Waals surface area contributed by atoms with Gasteiger partial charge in [0.15, 0.2) is 0 Å². The van der Waals surface area contributed by atoms with Crippen molar-refractivity contribution in [2.24, 2.45) is 0 Å². The van der Waals surface area contributed by atoms with Crippen LogP contribution in [0.15, 0.2) is 24.4 Å². The first kappa shape index (κ1) is 12.5. The first-order chi connectivity index (χ1) is 7.74. The lowest BCUT2D eigenvalue weighted by molar-refractivity contribution is 0.209. The number of likely N-dealkylation sites (N-methyl/N-ethyl adjacent to an activating group) is 1. The van der Waals surface area contributed by atoms with E-state index in [0.717, 1.165) is 25.1 Å². The third-order valence-electron chi connectivity index (χ3n) is 2.30. The van der Waals surface area contributed by atoms with E-state index in [1.807, 2.05) is 25.1 Å². The summed E-state index contributed by atoms with van der Waals surface area (Å²) < 4.78 is 0. The van der Waals surface area contributed by atoms with E-state index in [4.69, 9.17) is 0 Å². The third kappa shape index (κ3) is 4.29. The van der Waals surface area contributed by atoms with Crippen LogP contribution in [0.2, 0.25) is 0 Å². The van der Waals surface area contributed by atoms with Gasteiger partial charge in [-0.25, -0.2) is 4.79 Å².